The smallest absolute Gasteiger partial charge is 0.325 e. The van der Waals surface area contributed by atoms with Gasteiger partial charge in [0.05, 0.1) is 6.42 Å². The first kappa shape index (κ1) is 9.86. The van der Waals surface area contributed by atoms with Gasteiger partial charge in [-0.25, -0.2) is 0 Å². The third kappa shape index (κ3) is 1.40. The number of carbonyl (C=O) groups excluding carboxylic acids is 2. The summed E-state index contributed by atoms with van der Waals surface area (Å²) in [4.78, 5) is 23.3. The lowest BCUT2D eigenvalue weighted by molar-refractivity contribution is -0.153. The van der Waals surface area contributed by atoms with Crippen molar-refractivity contribution in [3.05, 3.63) is 20.8 Å². The molecule has 2 rings (SSSR count). The molecule has 1 saturated heterocycles. The highest BCUT2D eigenvalue weighted by atomic mass is 79.9. The Balaban J connectivity index is 2.42. The van der Waals surface area contributed by atoms with Crippen LogP contribution >= 0.6 is 27.3 Å². The Morgan fingerprint density at radius 2 is 2.29 bits per heavy atom. The van der Waals surface area contributed by atoms with Crippen LogP contribution in [0.5, 0.6) is 0 Å². The van der Waals surface area contributed by atoms with E-state index >= 15 is 0 Å². The summed E-state index contributed by atoms with van der Waals surface area (Å²) >= 11 is 4.76. The Morgan fingerprint density at radius 1 is 1.57 bits per heavy atom. The second-order valence-corrected chi connectivity index (χ2v) is 5.23. The van der Waals surface area contributed by atoms with Crippen molar-refractivity contribution in [1.29, 1.82) is 0 Å². The molecule has 0 aromatic carbocycles. The summed E-state index contributed by atoms with van der Waals surface area (Å²) in [5.74, 6) is -0.890. The number of rotatable bonds is 1. The molecule has 1 atom stereocenters. The third-order valence-corrected chi connectivity index (χ3v) is 4.22. The molecule has 3 nitrogen and oxygen atoms in total. The van der Waals surface area contributed by atoms with Crippen LogP contribution in [0.2, 0.25) is 0 Å². The fraction of sp³-hybridized carbons (Fsp3) is 0.333. The Bertz CT molecular complexity index is 412. The zero-order valence-electron chi connectivity index (χ0n) is 7.37. The van der Waals surface area contributed by atoms with E-state index in [1.54, 1.807) is 6.92 Å². The number of esters is 2. The van der Waals surface area contributed by atoms with E-state index in [0.717, 1.165) is 9.35 Å². The molecule has 0 saturated carbocycles. The molecule has 0 N–H and O–H groups in total. The van der Waals surface area contributed by atoms with E-state index in [1.807, 2.05) is 11.4 Å². The molecule has 1 aromatic rings. The zero-order chi connectivity index (χ0) is 10.3. The summed E-state index contributed by atoms with van der Waals surface area (Å²) < 4.78 is 5.48. The Kier molecular flexibility index (Phi) is 2.23. The zero-order valence-corrected chi connectivity index (χ0v) is 9.78. The quantitative estimate of drug-likeness (QED) is 0.583. The molecular formula is C9H7BrO3S. The SMILES string of the molecule is CC1(c2cc(Br)cs2)CC(=O)OC1=O. The minimum absolute atomic E-state index is 0.138. The molecule has 0 bridgehead atoms. The molecular weight excluding hydrogens is 268 g/mol. The third-order valence-electron chi connectivity index (χ3n) is 2.27. The van der Waals surface area contributed by atoms with Gasteiger partial charge >= 0.3 is 11.9 Å². The number of ether oxygens (including phenoxy) is 1. The van der Waals surface area contributed by atoms with Gasteiger partial charge in [-0.05, 0) is 28.9 Å². The second kappa shape index (κ2) is 3.17. The van der Waals surface area contributed by atoms with Crippen LogP contribution in [0.4, 0.5) is 0 Å². The Hall–Kier alpha value is -0.680. The van der Waals surface area contributed by atoms with Gasteiger partial charge in [-0.15, -0.1) is 11.3 Å². The van der Waals surface area contributed by atoms with E-state index in [-0.39, 0.29) is 6.42 Å². The lowest BCUT2D eigenvalue weighted by Gasteiger charge is -2.14. The van der Waals surface area contributed by atoms with Crippen LogP contribution in [0.1, 0.15) is 18.2 Å². The molecule has 1 aliphatic rings. The van der Waals surface area contributed by atoms with E-state index in [1.165, 1.54) is 11.3 Å². The molecule has 74 valence electrons. The van der Waals surface area contributed by atoms with Crippen LogP contribution in [0.25, 0.3) is 0 Å². The molecule has 0 radical (unpaired) electrons. The van der Waals surface area contributed by atoms with Crippen molar-refractivity contribution in [2.45, 2.75) is 18.8 Å². The van der Waals surface area contributed by atoms with Crippen LogP contribution in [0.3, 0.4) is 0 Å². The highest BCUT2D eigenvalue weighted by Crippen LogP contribution is 2.39. The van der Waals surface area contributed by atoms with Crippen molar-refractivity contribution < 1.29 is 14.3 Å². The molecule has 1 unspecified atom stereocenters. The van der Waals surface area contributed by atoms with Crippen molar-refractivity contribution in [3.8, 4) is 0 Å². The molecule has 0 spiro atoms. The number of hydrogen-bond donors (Lipinski definition) is 0. The van der Waals surface area contributed by atoms with Crippen molar-refractivity contribution in [1.82, 2.24) is 0 Å². The standard InChI is InChI=1S/C9H7BrO3S/c1-9(3-7(11)13-8(9)12)6-2-5(10)4-14-6/h2,4H,3H2,1H3. The summed E-state index contributed by atoms with van der Waals surface area (Å²) in [6.07, 6.45) is 0.138. The van der Waals surface area contributed by atoms with Gasteiger partial charge < -0.3 is 4.74 Å². The number of hydrogen-bond acceptors (Lipinski definition) is 4. The Morgan fingerprint density at radius 3 is 2.71 bits per heavy atom. The van der Waals surface area contributed by atoms with E-state index < -0.39 is 17.4 Å². The molecule has 14 heavy (non-hydrogen) atoms. The number of halogens is 1. The molecule has 2 heterocycles. The first-order valence-corrected chi connectivity index (χ1v) is 5.69. The van der Waals surface area contributed by atoms with E-state index in [2.05, 4.69) is 20.7 Å². The lowest BCUT2D eigenvalue weighted by Crippen LogP contribution is -2.26. The topological polar surface area (TPSA) is 43.4 Å². The van der Waals surface area contributed by atoms with Gasteiger partial charge in [-0.3, -0.25) is 9.59 Å². The Labute approximate surface area is 93.2 Å². The van der Waals surface area contributed by atoms with E-state index in [0.29, 0.717) is 0 Å². The monoisotopic (exact) mass is 274 g/mol. The van der Waals surface area contributed by atoms with Gasteiger partial charge in [0.2, 0.25) is 0 Å². The molecule has 1 aromatic heterocycles. The predicted octanol–water partition coefficient (Wildman–Crippen LogP) is 2.24. The minimum atomic E-state index is -0.784. The van der Waals surface area contributed by atoms with Crippen LogP contribution in [-0.2, 0) is 19.7 Å². The van der Waals surface area contributed by atoms with Crippen molar-refractivity contribution in [2.75, 3.05) is 0 Å². The number of cyclic esters (lactones) is 2. The fourth-order valence-corrected chi connectivity index (χ4v) is 2.98. The number of thiophene rings is 1. The molecule has 0 amide bonds. The maximum absolute atomic E-state index is 11.5. The molecule has 1 fully saturated rings. The van der Waals surface area contributed by atoms with Crippen LogP contribution in [0.15, 0.2) is 15.9 Å². The maximum atomic E-state index is 11.5. The molecule has 0 aliphatic carbocycles. The van der Waals surface area contributed by atoms with Gasteiger partial charge in [-0.2, -0.15) is 0 Å². The van der Waals surface area contributed by atoms with Crippen LogP contribution in [0, 0.1) is 0 Å². The number of carbonyl (C=O) groups is 2. The summed E-state index contributed by atoms with van der Waals surface area (Å²) in [7, 11) is 0. The summed E-state index contributed by atoms with van der Waals surface area (Å²) in [6.45, 7) is 1.73. The minimum Gasteiger partial charge on any atom is -0.392 e. The van der Waals surface area contributed by atoms with E-state index in [9.17, 15) is 9.59 Å². The van der Waals surface area contributed by atoms with Gasteiger partial charge in [0, 0.05) is 14.7 Å². The summed E-state index contributed by atoms with van der Waals surface area (Å²) in [5.41, 5.74) is -0.784. The first-order chi connectivity index (χ1) is 6.52. The van der Waals surface area contributed by atoms with Gasteiger partial charge in [0.1, 0.15) is 5.41 Å². The highest BCUT2D eigenvalue weighted by Gasteiger charge is 2.47. The summed E-state index contributed by atoms with van der Waals surface area (Å²) in [6, 6.07) is 1.85. The summed E-state index contributed by atoms with van der Waals surface area (Å²) in [5, 5.41) is 1.89. The van der Waals surface area contributed by atoms with Gasteiger partial charge in [0.25, 0.3) is 0 Å². The fourth-order valence-electron chi connectivity index (χ4n) is 1.40. The van der Waals surface area contributed by atoms with Gasteiger partial charge in [-0.1, -0.05) is 0 Å². The normalized spacial score (nSPS) is 26.7. The van der Waals surface area contributed by atoms with Crippen molar-refractivity contribution in [3.63, 3.8) is 0 Å². The average molecular weight is 275 g/mol. The molecule has 5 heteroatoms. The maximum Gasteiger partial charge on any atom is 0.325 e. The van der Waals surface area contributed by atoms with Crippen molar-refractivity contribution in [2.24, 2.45) is 0 Å². The second-order valence-electron chi connectivity index (χ2n) is 3.40. The first-order valence-electron chi connectivity index (χ1n) is 4.02. The largest absolute Gasteiger partial charge is 0.392 e. The lowest BCUT2D eigenvalue weighted by atomic mass is 9.87. The van der Waals surface area contributed by atoms with Gasteiger partial charge in [0.15, 0.2) is 0 Å². The highest BCUT2D eigenvalue weighted by molar-refractivity contribution is 9.10. The van der Waals surface area contributed by atoms with Crippen LogP contribution < -0.4 is 0 Å². The average Bonchev–Trinajstić information content (AvgIpc) is 2.59. The van der Waals surface area contributed by atoms with Crippen molar-refractivity contribution >= 4 is 39.2 Å². The molecule has 1 aliphatic heterocycles. The predicted molar refractivity (Wildman–Crippen MR) is 55.1 cm³/mol. The van der Waals surface area contributed by atoms with E-state index in [4.69, 9.17) is 0 Å². The van der Waals surface area contributed by atoms with Crippen LogP contribution in [-0.4, -0.2) is 11.9 Å².